The lowest BCUT2D eigenvalue weighted by molar-refractivity contribution is -0.120. The molecule has 15 heavy (non-hydrogen) atoms. The molecule has 1 unspecified atom stereocenters. The van der Waals surface area contributed by atoms with Crippen LogP contribution in [-0.4, -0.2) is 19.0 Å². The summed E-state index contributed by atoms with van der Waals surface area (Å²) in [6.45, 7) is 5.16. The molecule has 1 aromatic rings. The van der Waals surface area contributed by atoms with Crippen molar-refractivity contribution in [1.82, 2.24) is 10.6 Å². The van der Waals surface area contributed by atoms with Crippen LogP contribution in [0.25, 0.3) is 0 Å². The van der Waals surface area contributed by atoms with E-state index in [0.29, 0.717) is 6.54 Å². The van der Waals surface area contributed by atoms with E-state index >= 15 is 0 Å². The first-order chi connectivity index (χ1) is 7.24. The van der Waals surface area contributed by atoms with Gasteiger partial charge in [-0.05, 0) is 19.0 Å². The van der Waals surface area contributed by atoms with Gasteiger partial charge in [-0.25, -0.2) is 0 Å². The van der Waals surface area contributed by atoms with Crippen LogP contribution >= 0.6 is 0 Å². The van der Waals surface area contributed by atoms with Crippen molar-refractivity contribution in [2.75, 3.05) is 13.1 Å². The van der Waals surface area contributed by atoms with Crippen molar-refractivity contribution in [2.24, 2.45) is 0 Å². The molecule has 0 aliphatic heterocycles. The molecule has 0 bridgehead atoms. The van der Waals surface area contributed by atoms with Gasteiger partial charge in [-0.15, -0.1) is 0 Å². The zero-order valence-electron chi connectivity index (χ0n) is 9.29. The lowest BCUT2D eigenvalue weighted by atomic mass is 10.1. The van der Waals surface area contributed by atoms with Crippen LogP contribution in [0, 0.1) is 0 Å². The van der Waals surface area contributed by atoms with Gasteiger partial charge >= 0.3 is 0 Å². The molecule has 0 fully saturated rings. The van der Waals surface area contributed by atoms with Crippen LogP contribution in [-0.2, 0) is 4.79 Å². The predicted octanol–water partition coefficient (Wildman–Crippen LogP) is 1.47. The first-order valence-corrected chi connectivity index (χ1v) is 5.29. The van der Waals surface area contributed by atoms with Crippen molar-refractivity contribution < 1.29 is 4.79 Å². The second kappa shape index (κ2) is 6.19. The second-order valence-electron chi connectivity index (χ2n) is 3.48. The van der Waals surface area contributed by atoms with Crippen molar-refractivity contribution in [3.8, 4) is 0 Å². The molecule has 0 heterocycles. The van der Waals surface area contributed by atoms with E-state index in [-0.39, 0.29) is 11.9 Å². The predicted molar refractivity (Wildman–Crippen MR) is 61.5 cm³/mol. The molecule has 0 aliphatic rings. The summed E-state index contributed by atoms with van der Waals surface area (Å²) in [6.07, 6.45) is 0. The van der Waals surface area contributed by atoms with Crippen LogP contribution in [0.1, 0.15) is 25.5 Å². The summed E-state index contributed by atoms with van der Waals surface area (Å²) in [6, 6.07) is 10.0. The second-order valence-corrected chi connectivity index (χ2v) is 3.48. The quantitative estimate of drug-likeness (QED) is 0.766. The minimum absolute atomic E-state index is 0.0354. The van der Waals surface area contributed by atoms with Gasteiger partial charge in [0.2, 0.25) is 5.91 Å². The molecule has 3 heteroatoms. The maximum absolute atomic E-state index is 11.4. The van der Waals surface area contributed by atoms with Gasteiger partial charge in [-0.3, -0.25) is 4.79 Å². The lowest BCUT2D eigenvalue weighted by Crippen LogP contribution is -2.35. The van der Waals surface area contributed by atoms with Crippen molar-refractivity contribution in [3.05, 3.63) is 35.9 Å². The fourth-order valence-electron chi connectivity index (χ4n) is 1.36. The van der Waals surface area contributed by atoms with Gasteiger partial charge in [-0.2, -0.15) is 0 Å². The maximum atomic E-state index is 11.4. The van der Waals surface area contributed by atoms with E-state index in [9.17, 15) is 4.79 Å². The van der Waals surface area contributed by atoms with E-state index in [2.05, 4.69) is 10.6 Å². The average molecular weight is 206 g/mol. The Bertz CT molecular complexity index is 298. The summed E-state index contributed by atoms with van der Waals surface area (Å²) in [5.74, 6) is 0.0354. The molecule has 82 valence electrons. The van der Waals surface area contributed by atoms with Gasteiger partial charge in [0.25, 0.3) is 0 Å². The van der Waals surface area contributed by atoms with E-state index < -0.39 is 0 Å². The number of carbonyl (C=O) groups excluding carboxylic acids is 1. The van der Waals surface area contributed by atoms with Crippen LogP contribution in [0.2, 0.25) is 0 Å². The number of carbonyl (C=O) groups is 1. The van der Waals surface area contributed by atoms with Crippen molar-refractivity contribution in [1.29, 1.82) is 0 Å². The van der Waals surface area contributed by atoms with E-state index in [1.165, 1.54) is 0 Å². The Morgan fingerprint density at radius 2 is 2.00 bits per heavy atom. The molecule has 1 atom stereocenters. The van der Waals surface area contributed by atoms with Gasteiger partial charge in [0, 0.05) is 0 Å². The molecule has 0 aliphatic carbocycles. The first kappa shape index (κ1) is 11.7. The van der Waals surface area contributed by atoms with Crippen LogP contribution in [0.3, 0.4) is 0 Å². The summed E-state index contributed by atoms with van der Waals surface area (Å²) < 4.78 is 0. The van der Waals surface area contributed by atoms with Gasteiger partial charge in [0.05, 0.1) is 12.6 Å². The van der Waals surface area contributed by atoms with E-state index in [0.717, 1.165) is 12.1 Å². The Labute approximate surface area is 90.9 Å². The number of likely N-dealkylation sites (N-methyl/N-ethyl adjacent to an activating group) is 1. The maximum Gasteiger partial charge on any atom is 0.234 e. The van der Waals surface area contributed by atoms with Gasteiger partial charge in [0.1, 0.15) is 0 Å². The summed E-state index contributed by atoms with van der Waals surface area (Å²) in [4.78, 5) is 11.4. The number of hydrogen-bond acceptors (Lipinski definition) is 2. The molecular weight excluding hydrogens is 188 g/mol. The van der Waals surface area contributed by atoms with Gasteiger partial charge in [-0.1, -0.05) is 37.3 Å². The Kier molecular flexibility index (Phi) is 4.84. The third-order valence-electron chi connectivity index (χ3n) is 2.21. The molecule has 0 radical (unpaired) electrons. The number of amides is 1. The van der Waals surface area contributed by atoms with Crippen molar-refractivity contribution in [2.45, 2.75) is 19.9 Å². The Morgan fingerprint density at radius 1 is 1.33 bits per heavy atom. The van der Waals surface area contributed by atoms with Crippen LogP contribution in [0.15, 0.2) is 30.3 Å². The molecule has 3 nitrogen and oxygen atoms in total. The molecule has 1 rings (SSSR count). The number of hydrogen-bond donors (Lipinski definition) is 2. The number of nitrogens with one attached hydrogen (secondary N) is 2. The zero-order valence-corrected chi connectivity index (χ0v) is 9.29. The standard InChI is InChI=1S/C12H18N2O/c1-3-13-9-12(15)14-10(2)11-7-5-4-6-8-11/h4-8,10,13H,3,9H2,1-2H3,(H,14,15). The molecule has 0 saturated heterocycles. The fraction of sp³-hybridized carbons (Fsp3) is 0.417. The average Bonchev–Trinajstić information content (AvgIpc) is 2.27. The lowest BCUT2D eigenvalue weighted by Gasteiger charge is -2.14. The van der Waals surface area contributed by atoms with Crippen LogP contribution < -0.4 is 10.6 Å². The largest absolute Gasteiger partial charge is 0.348 e. The molecule has 1 aromatic carbocycles. The minimum atomic E-state index is 0.0354. The highest BCUT2D eigenvalue weighted by molar-refractivity contribution is 5.78. The third kappa shape index (κ3) is 4.13. The topological polar surface area (TPSA) is 41.1 Å². The summed E-state index contributed by atoms with van der Waals surface area (Å²) in [5.41, 5.74) is 1.13. The highest BCUT2D eigenvalue weighted by Crippen LogP contribution is 2.10. The SMILES string of the molecule is CCNCC(=O)NC(C)c1ccccc1. The van der Waals surface area contributed by atoms with Crippen LogP contribution in [0.5, 0.6) is 0 Å². The summed E-state index contributed by atoms with van der Waals surface area (Å²) in [7, 11) is 0. The Balaban J connectivity index is 2.42. The third-order valence-corrected chi connectivity index (χ3v) is 2.21. The molecule has 0 aromatic heterocycles. The molecule has 0 spiro atoms. The minimum Gasteiger partial charge on any atom is -0.348 e. The summed E-state index contributed by atoms with van der Waals surface area (Å²) in [5, 5.41) is 5.92. The van der Waals surface area contributed by atoms with E-state index in [1.54, 1.807) is 0 Å². The monoisotopic (exact) mass is 206 g/mol. The molecule has 2 N–H and O–H groups in total. The van der Waals surface area contributed by atoms with E-state index in [4.69, 9.17) is 0 Å². The molecular formula is C12H18N2O. The van der Waals surface area contributed by atoms with Gasteiger partial charge < -0.3 is 10.6 Å². The van der Waals surface area contributed by atoms with Crippen molar-refractivity contribution >= 4 is 5.91 Å². The van der Waals surface area contributed by atoms with Crippen LogP contribution in [0.4, 0.5) is 0 Å². The Hall–Kier alpha value is -1.35. The Morgan fingerprint density at radius 3 is 2.60 bits per heavy atom. The first-order valence-electron chi connectivity index (χ1n) is 5.29. The zero-order chi connectivity index (χ0) is 11.1. The van der Waals surface area contributed by atoms with Crippen molar-refractivity contribution in [3.63, 3.8) is 0 Å². The normalized spacial score (nSPS) is 12.1. The summed E-state index contributed by atoms with van der Waals surface area (Å²) >= 11 is 0. The number of rotatable bonds is 5. The highest BCUT2D eigenvalue weighted by atomic mass is 16.1. The van der Waals surface area contributed by atoms with Gasteiger partial charge in [0.15, 0.2) is 0 Å². The molecule has 0 saturated carbocycles. The number of benzene rings is 1. The smallest absolute Gasteiger partial charge is 0.234 e. The van der Waals surface area contributed by atoms with E-state index in [1.807, 2.05) is 44.2 Å². The molecule has 1 amide bonds. The fourth-order valence-corrected chi connectivity index (χ4v) is 1.36. The highest BCUT2D eigenvalue weighted by Gasteiger charge is 2.07.